The molecule has 0 fully saturated rings. The maximum Gasteiger partial charge on any atom is 0.215 e. The van der Waals surface area contributed by atoms with E-state index in [4.69, 9.17) is 5.73 Å². The molecule has 0 aliphatic heterocycles. The summed E-state index contributed by atoms with van der Waals surface area (Å²) < 4.78 is 28.9. The third kappa shape index (κ3) is 4.97. The lowest BCUT2D eigenvalue weighted by molar-refractivity contribution is 0.370. The van der Waals surface area contributed by atoms with Gasteiger partial charge in [0.15, 0.2) is 23.8 Å². The molecule has 2 N–H and O–H groups in total. The maximum absolute atomic E-state index is 12.6. The number of carbonyl (C=O) groups excluding carboxylic acids is 4. The van der Waals surface area contributed by atoms with Gasteiger partial charge in [-0.1, -0.05) is 0 Å². The van der Waals surface area contributed by atoms with Gasteiger partial charge in [0.2, 0.25) is 10.0 Å². The molecule has 0 saturated carbocycles. The average Bonchev–Trinajstić information content (AvgIpc) is 3.30. The first kappa shape index (κ1) is 22.0. The Kier molecular flexibility index (Phi) is 7.45. The van der Waals surface area contributed by atoms with Crippen LogP contribution in [0.2, 0.25) is 0 Å². The maximum atomic E-state index is 12.6. The molecule has 0 amide bonds. The molecule has 0 unspecified atom stereocenters. The molecule has 10 nitrogen and oxygen atoms in total. The fourth-order valence-corrected chi connectivity index (χ4v) is 4.14. The summed E-state index contributed by atoms with van der Waals surface area (Å²) >= 11 is 0. The fraction of sp³-hybridized carbons (Fsp3) is 0.333. The van der Waals surface area contributed by atoms with Gasteiger partial charge >= 0.3 is 0 Å². The molecule has 11 heteroatoms. The van der Waals surface area contributed by atoms with Crippen LogP contribution >= 0.6 is 0 Å². The van der Waals surface area contributed by atoms with E-state index in [2.05, 4.69) is 0 Å². The van der Waals surface area contributed by atoms with Crippen LogP contribution in [0.1, 0.15) is 0 Å². The number of rotatable bonds is 9. The summed E-state index contributed by atoms with van der Waals surface area (Å²) in [7, 11) is -3.77. The van der Waals surface area contributed by atoms with E-state index < -0.39 is 10.0 Å². The highest BCUT2D eigenvalue weighted by atomic mass is 32.2. The topological polar surface area (TPSA) is 142 Å². The summed E-state index contributed by atoms with van der Waals surface area (Å²) in [5.74, 6) is 6.40. The molecule has 2 heterocycles. The van der Waals surface area contributed by atoms with Gasteiger partial charge in [0.25, 0.3) is 0 Å². The quantitative estimate of drug-likeness (QED) is 0.428. The van der Waals surface area contributed by atoms with E-state index in [1.54, 1.807) is 23.8 Å². The highest BCUT2D eigenvalue weighted by Gasteiger charge is 2.21. The van der Waals surface area contributed by atoms with Gasteiger partial charge in [0.1, 0.15) is 21.4 Å². The molecule has 0 radical (unpaired) electrons. The first-order valence-electron chi connectivity index (χ1n) is 8.51. The Balaban J connectivity index is 2.35. The largest absolute Gasteiger partial charge is 0.329 e. The number of nitrogens with two attached hydrogens (primary N) is 1. The van der Waals surface area contributed by atoms with Crippen LogP contribution < -0.4 is 27.1 Å². The zero-order chi connectivity index (χ0) is 21.4. The number of hydrogen-bond acceptors (Lipinski definition) is 7. The van der Waals surface area contributed by atoms with Crippen molar-refractivity contribution in [1.29, 1.82) is 0 Å². The van der Waals surface area contributed by atoms with Gasteiger partial charge in [-0.3, -0.25) is 0 Å². The van der Waals surface area contributed by atoms with Gasteiger partial charge in [0.05, 0.1) is 5.75 Å². The van der Waals surface area contributed by atoms with Gasteiger partial charge in [-0.25, -0.2) is 27.6 Å². The van der Waals surface area contributed by atoms with Crippen molar-refractivity contribution in [3.05, 3.63) is 45.7 Å². The Labute approximate surface area is 165 Å². The summed E-state index contributed by atoms with van der Waals surface area (Å²) in [6, 6.07) is 5.52. The van der Waals surface area contributed by atoms with Crippen molar-refractivity contribution in [3.8, 4) is 0 Å². The van der Waals surface area contributed by atoms with Gasteiger partial charge in [-0.2, -0.15) is 4.31 Å². The summed E-state index contributed by atoms with van der Waals surface area (Å²) in [6.07, 6.45) is 0. The van der Waals surface area contributed by atoms with Crippen LogP contribution in [0, 0.1) is 0 Å². The van der Waals surface area contributed by atoms with Crippen LogP contribution in [0.25, 0.3) is 0 Å². The monoisotopic (exact) mass is 418 g/mol. The Morgan fingerprint density at radius 1 is 0.759 bits per heavy atom. The van der Waals surface area contributed by atoms with Crippen LogP contribution in [0.15, 0.2) is 24.3 Å². The number of sulfonamides is 1. The Hall–Kier alpha value is -3.25. The van der Waals surface area contributed by atoms with Crippen molar-refractivity contribution in [2.75, 3.05) is 25.4 Å². The first-order chi connectivity index (χ1) is 13.9. The second-order valence-electron chi connectivity index (χ2n) is 5.92. The SMILES string of the molecule is NCCS(=O)(=O)N(CCn1c(=C=O)ccc1=C=O)CCn1c(=C=O)ccc1=C=O. The molecule has 152 valence electrons. The highest BCUT2D eigenvalue weighted by molar-refractivity contribution is 7.89. The standard InChI is InChI=1S/C18H18N4O6S/c19-5-10-29(27,28)20(6-8-21-15(11-23)1-2-16(21)12-24)7-9-22-17(13-25)3-4-18(22)14-26/h1-4H,5-10,19H2. The van der Waals surface area contributed by atoms with Crippen molar-refractivity contribution in [2.24, 2.45) is 5.73 Å². The Morgan fingerprint density at radius 2 is 1.10 bits per heavy atom. The molecule has 0 spiro atoms. The minimum absolute atomic E-state index is 0.00302. The van der Waals surface area contributed by atoms with Crippen LogP contribution in [0.5, 0.6) is 0 Å². The van der Waals surface area contributed by atoms with Gasteiger partial charge in [-0.05, 0) is 24.3 Å². The second kappa shape index (κ2) is 9.80. The zero-order valence-corrected chi connectivity index (χ0v) is 16.1. The van der Waals surface area contributed by atoms with Crippen LogP contribution in [0.3, 0.4) is 0 Å². The van der Waals surface area contributed by atoms with Gasteiger partial charge in [-0.15, -0.1) is 0 Å². The molecule has 29 heavy (non-hydrogen) atoms. The van der Waals surface area contributed by atoms with Gasteiger partial charge in [0, 0.05) is 32.7 Å². The molecular formula is C18H18N4O6S. The number of hydrogen-bond donors (Lipinski definition) is 1. The second-order valence-corrected chi connectivity index (χ2v) is 8.01. The molecule has 2 rings (SSSR count). The van der Waals surface area contributed by atoms with E-state index in [0.717, 1.165) is 4.31 Å². The molecule has 0 saturated heterocycles. The van der Waals surface area contributed by atoms with E-state index in [-0.39, 0.29) is 59.9 Å². The van der Waals surface area contributed by atoms with E-state index in [0.29, 0.717) is 0 Å². The van der Waals surface area contributed by atoms with E-state index in [1.807, 2.05) is 0 Å². The highest BCUT2D eigenvalue weighted by Crippen LogP contribution is 2.02. The molecule has 0 aromatic carbocycles. The lowest BCUT2D eigenvalue weighted by Gasteiger charge is -2.22. The minimum atomic E-state index is -3.77. The summed E-state index contributed by atoms with van der Waals surface area (Å²) in [5, 5.41) is 0.336. The first-order valence-corrected chi connectivity index (χ1v) is 10.1. The smallest absolute Gasteiger partial charge is 0.215 e. The lowest BCUT2D eigenvalue weighted by atomic mass is 10.5. The van der Waals surface area contributed by atoms with E-state index in [1.165, 1.54) is 33.4 Å². The fourth-order valence-electron chi connectivity index (χ4n) is 2.86. The lowest BCUT2D eigenvalue weighted by Crippen LogP contribution is -2.43. The van der Waals surface area contributed by atoms with Crippen molar-refractivity contribution in [3.63, 3.8) is 0 Å². The van der Waals surface area contributed by atoms with Crippen LogP contribution in [-0.4, -0.2) is 71.0 Å². The molecule has 2 aromatic rings. The van der Waals surface area contributed by atoms with E-state index in [9.17, 15) is 27.6 Å². The van der Waals surface area contributed by atoms with Crippen molar-refractivity contribution in [2.45, 2.75) is 13.1 Å². The summed E-state index contributed by atoms with van der Waals surface area (Å²) in [6.45, 7) is -0.273. The minimum Gasteiger partial charge on any atom is -0.329 e. The van der Waals surface area contributed by atoms with Crippen molar-refractivity contribution >= 4 is 33.8 Å². The Morgan fingerprint density at radius 3 is 1.38 bits per heavy atom. The molecule has 0 aliphatic rings. The average molecular weight is 418 g/mol. The normalized spacial score (nSPS) is 11.0. The van der Waals surface area contributed by atoms with E-state index >= 15 is 0 Å². The third-order valence-electron chi connectivity index (χ3n) is 4.29. The molecule has 0 atom stereocenters. The predicted molar refractivity (Wildman–Crippen MR) is 101 cm³/mol. The number of aromatic nitrogens is 2. The van der Waals surface area contributed by atoms with Crippen LogP contribution in [-0.2, 0) is 42.3 Å². The predicted octanol–water partition coefficient (Wildman–Crippen LogP) is -5.41. The molecular weight excluding hydrogens is 400 g/mol. The van der Waals surface area contributed by atoms with Crippen molar-refractivity contribution in [1.82, 2.24) is 13.4 Å². The van der Waals surface area contributed by atoms with Crippen LogP contribution in [0.4, 0.5) is 0 Å². The third-order valence-corrected chi connectivity index (χ3v) is 6.20. The summed E-state index contributed by atoms with van der Waals surface area (Å²) in [5.41, 5.74) is 5.39. The molecule has 2 aromatic heterocycles. The summed E-state index contributed by atoms with van der Waals surface area (Å²) in [4.78, 5) is 44.1. The molecule has 0 bridgehead atoms. The molecule has 0 aliphatic carbocycles. The number of nitrogens with zero attached hydrogens (tertiary/aromatic N) is 3. The van der Waals surface area contributed by atoms with Crippen molar-refractivity contribution < 1.29 is 27.6 Å². The zero-order valence-electron chi connectivity index (χ0n) is 15.3. The Bertz CT molecular complexity index is 1160. The van der Waals surface area contributed by atoms with Gasteiger partial charge < -0.3 is 14.9 Å².